The summed E-state index contributed by atoms with van der Waals surface area (Å²) in [7, 11) is 0. The molecule has 0 saturated heterocycles. The Hall–Kier alpha value is -3.21. The Balaban J connectivity index is 2.10. The summed E-state index contributed by atoms with van der Waals surface area (Å²) in [5.41, 5.74) is 10.4. The third-order valence-corrected chi connectivity index (χ3v) is 4.44. The van der Waals surface area contributed by atoms with Crippen LogP contribution in [-0.4, -0.2) is 17.4 Å². The van der Waals surface area contributed by atoms with Gasteiger partial charge in [-0.15, -0.1) is 0 Å². The molecule has 0 spiro atoms. The quantitative estimate of drug-likeness (QED) is 0.285. The summed E-state index contributed by atoms with van der Waals surface area (Å²) in [6.07, 6.45) is 5.11. The zero-order valence-corrected chi connectivity index (χ0v) is 15.5. The molecule has 27 heavy (non-hydrogen) atoms. The number of unbranched alkanes of at least 4 members (excludes halogenated alkanes) is 2. The topological polar surface area (TPSA) is 80.4 Å². The van der Waals surface area contributed by atoms with E-state index in [4.69, 9.17) is 10.7 Å². The van der Waals surface area contributed by atoms with E-state index in [9.17, 15) is 4.79 Å². The summed E-state index contributed by atoms with van der Waals surface area (Å²) in [6, 6.07) is 18.1. The molecule has 0 radical (unpaired) electrons. The Bertz CT molecular complexity index is 951. The Kier molecular flexibility index (Phi) is 6.15. The Morgan fingerprint density at radius 3 is 2.70 bits per heavy atom. The number of nitrogens with zero attached hydrogens (tertiary/aromatic N) is 2. The van der Waals surface area contributed by atoms with Crippen LogP contribution in [0.1, 0.15) is 31.7 Å². The van der Waals surface area contributed by atoms with Gasteiger partial charge >= 0.3 is 0 Å². The maximum atomic E-state index is 10.7. The highest BCUT2D eigenvalue weighted by molar-refractivity contribution is 5.97. The molecular formula is C22H24N4O. The number of rotatable bonds is 7. The third kappa shape index (κ3) is 4.70. The van der Waals surface area contributed by atoms with Gasteiger partial charge in [-0.05, 0) is 36.6 Å². The van der Waals surface area contributed by atoms with Gasteiger partial charge in [0.15, 0.2) is 5.96 Å². The fourth-order valence-corrected chi connectivity index (χ4v) is 3.06. The van der Waals surface area contributed by atoms with Crippen molar-refractivity contribution < 1.29 is 4.79 Å². The van der Waals surface area contributed by atoms with Crippen LogP contribution in [0.3, 0.4) is 0 Å². The lowest BCUT2D eigenvalue weighted by Gasteiger charge is -2.10. The molecule has 2 aromatic carbocycles. The molecule has 0 aliphatic heterocycles. The second-order valence-electron chi connectivity index (χ2n) is 6.46. The van der Waals surface area contributed by atoms with Crippen LogP contribution in [0.5, 0.6) is 0 Å². The maximum Gasteiger partial charge on any atom is 0.213 e. The van der Waals surface area contributed by atoms with Crippen molar-refractivity contribution in [2.75, 3.05) is 0 Å². The predicted molar refractivity (Wildman–Crippen MR) is 111 cm³/mol. The van der Waals surface area contributed by atoms with E-state index in [-0.39, 0.29) is 5.96 Å². The van der Waals surface area contributed by atoms with Crippen LogP contribution in [0, 0.1) is 0 Å². The number of aromatic nitrogens is 1. The minimum Gasteiger partial charge on any atom is -0.369 e. The first kappa shape index (κ1) is 18.6. The van der Waals surface area contributed by atoms with E-state index in [0.29, 0.717) is 12.1 Å². The van der Waals surface area contributed by atoms with E-state index >= 15 is 0 Å². The lowest BCUT2D eigenvalue weighted by Crippen LogP contribution is -2.29. The van der Waals surface area contributed by atoms with Crippen LogP contribution in [0.15, 0.2) is 59.6 Å². The number of guanidine groups is 1. The molecule has 0 unspecified atom stereocenters. The van der Waals surface area contributed by atoms with Gasteiger partial charge in [-0.25, -0.2) is 9.98 Å². The molecule has 138 valence electrons. The molecule has 5 nitrogen and oxygen atoms in total. The Morgan fingerprint density at radius 1 is 1.15 bits per heavy atom. The standard InChI is InChI=1S/C22H24N4O/c1-2-3-5-8-16-11-12-19-18(13-16)21(26-22(23)24-15-27)14-20(25-19)17-9-6-4-7-10-17/h4,6-7,9-15H,2-3,5,8H2,1H3,(H3,23,24,25,26,27). The van der Waals surface area contributed by atoms with Crippen molar-refractivity contribution in [2.24, 2.45) is 10.7 Å². The number of hydrogen-bond donors (Lipinski definition) is 2. The largest absolute Gasteiger partial charge is 0.369 e. The fourth-order valence-electron chi connectivity index (χ4n) is 3.06. The lowest BCUT2D eigenvalue weighted by atomic mass is 10.0. The molecular weight excluding hydrogens is 336 g/mol. The number of hydrogen-bond acceptors (Lipinski definition) is 3. The van der Waals surface area contributed by atoms with E-state index < -0.39 is 0 Å². The number of aliphatic imine (C=N–C) groups is 1. The van der Waals surface area contributed by atoms with Gasteiger partial charge in [0.05, 0.1) is 16.9 Å². The van der Waals surface area contributed by atoms with E-state index in [2.05, 4.69) is 29.4 Å². The summed E-state index contributed by atoms with van der Waals surface area (Å²) < 4.78 is 0. The number of carbonyl (C=O) groups excluding carboxylic acids is 1. The number of nitrogens with one attached hydrogen (secondary N) is 1. The normalized spacial score (nSPS) is 11.5. The average molecular weight is 360 g/mol. The summed E-state index contributed by atoms with van der Waals surface area (Å²) in [5.74, 6) is 0.0629. The fraction of sp³-hybridized carbons (Fsp3) is 0.227. The first-order valence-corrected chi connectivity index (χ1v) is 9.24. The minimum absolute atomic E-state index is 0.0629. The molecule has 3 aromatic rings. The molecule has 0 fully saturated rings. The van der Waals surface area contributed by atoms with Crippen LogP contribution in [0.4, 0.5) is 5.69 Å². The highest BCUT2D eigenvalue weighted by Gasteiger charge is 2.09. The molecule has 5 heteroatoms. The zero-order chi connectivity index (χ0) is 19.1. The smallest absolute Gasteiger partial charge is 0.213 e. The van der Waals surface area contributed by atoms with Gasteiger partial charge in [-0.2, -0.15) is 0 Å². The molecule has 0 bridgehead atoms. The van der Waals surface area contributed by atoms with Crippen molar-refractivity contribution in [3.8, 4) is 11.3 Å². The number of pyridine rings is 1. The zero-order valence-electron chi connectivity index (χ0n) is 15.5. The number of carbonyl (C=O) groups is 1. The molecule has 0 aliphatic carbocycles. The minimum atomic E-state index is 0.0629. The SMILES string of the molecule is CCCCCc1ccc2nc(-c3ccccc3)cc(N=C(N)NC=O)c2c1. The van der Waals surface area contributed by atoms with Crippen LogP contribution in [0.25, 0.3) is 22.2 Å². The average Bonchev–Trinajstić information content (AvgIpc) is 2.69. The highest BCUT2D eigenvalue weighted by atomic mass is 16.1. The van der Waals surface area contributed by atoms with Crippen LogP contribution in [-0.2, 0) is 11.2 Å². The molecule has 1 heterocycles. The summed E-state index contributed by atoms with van der Waals surface area (Å²) in [6.45, 7) is 2.20. The summed E-state index contributed by atoms with van der Waals surface area (Å²) in [4.78, 5) is 19.9. The van der Waals surface area contributed by atoms with Gasteiger partial charge in [0, 0.05) is 10.9 Å². The van der Waals surface area contributed by atoms with Crippen molar-refractivity contribution >= 4 is 29.0 Å². The summed E-state index contributed by atoms with van der Waals surface area (Å²) >= 11 is 0. The lowest BCUT2D eigenvalue weighted by molar-refractivity contribution is -0.108. The molecule has 1 aromatic heterocycles. The van der Waals surface area contributed by atoms with Crippen LogP contribution >= 0.6 is 0 Å². The summed E-state index contributed by atoms with van der Waals surface area (Å²) in [5, 5.41) is 3.33. The van der Waals surface area contributed by atoms with Crippen LogP contribution in [0.2, 0.25) is 0 Å². The van der Waals surface area contributed by atoms with E-state index in [0.717, 1.165) is 35.0 Å². The van der Waals surface area contributed by atoms with Crippen LogP contribution < -0.4 is 11.1 Å². The number of aryl methyl sites for hydroxylation is 1. The second-order valence-corrected chi connectivity index (χ2v) is 6.46. The second kappa shape index (κ2) is 8.94. The molecule has 3 N–H and O–H groups in total. The molecule has 1 amide bonds. The van der Waals surface area contributed by atoms with Crippen molar-refractivity contribution in [2.45, 2.75) is 32.6 Å². The Labute approximate surface area is 159 Å². The number of amides is 1. The van der Waals surface area contributed by atoms with E-state index in [1.807, 2.05) is 42.5 Å². The Morgan fingerprint density at radius 2 is 1.96 bits per heavy atom. The van der Waals surface area contributed by atoms with Crippen molar-refractivity contribution in [1.82, 2.24) is 10.3 Å². The molecule has 3 rings (SSSR count). The van der Waals surface area contributed by atoms with Gasteiger partial charge in [-0.3, -0.25) is 10.1 Å². The number of nitrogens with two attached hydrogens (primary N) is 1. The van der Waals surface area contributed by atoms with Gasteiger partial charge in [0.2, 0.25) is 6.41 Å². The monoisotopic (exact) mass is 360 g/mol. The first-order valence-electron chi connectivity index (χ1n) is 9.24. The van der Waals surface area contributed by atoms with E-state index in [1.54, 1.807) is 0 Å². The molecule has 0 saturated carbocycles. The first-order chi connectivity index (χ1) is 13.2. The van der Waals surface area contributed by atoms with Gasteiger partial charge in [0.25, 0.3) is 0 Å². The van der Waals surface area contributed by atoms with Gasteiger partial charge in [-0.1, -0.05) is 56.2 Å². The van der Waals surface area contributed by atoms with Gasteiger partial charge < -0.3 is 5.73 Å². The molecule has 0 aliphatic rings. The molecule has 0 atom stereocenters. The van der Waals surface area contributed by atoms with Crippen molar-refractivity contribution in [3.05, 3.63) is 60.2 Å². The maximum absolute atomic E-state index is 10.7. The van der Waals surface area contributed by atoms with E-state index in [1.165, 1.54) is 18.4 Å². The predicted octanol–water partition coefficient (Wildman–Crippen LogP) is 4.33. The number of fused-ring (bicyclic) bond motifs is 1. The number of benzene rings is 2. The third-order valence-electron chi connectivity index (χ3n) is 4.44. The van der Waals surface area contributed by atoms with Crippen molar-refractivity contribution in [1.29, 1.82) is 0 Å². The van der Waals surface area contributed by atoms with Crippen molar-refractivity contribution in [3.63, 3.8) is 0 Å². The van der Waals surface area contributed by atoms with Gasteiger partial charge in [0.1, 0.15) is 0 Å². The highest BCUT2D eigenvalue weighted by Crippen LogP contribution is 2.31.